The molecule has 7 nitrogen and oxygen atoms in total. The number of nitrogens with zero attached hydrogens (tertiary/aromatic N) is 4. The molecule has 3 saturated heterocycles. The molecule has 5 rings (SSSR count). The van der Waals surface area contributed by atoms with Crippen LogP contribution in [0.15, 0.2) is 42.5 Å². The molecule has 3 aliphatic heterocycles. The smallest absolute Gasteiger partial charge is 0.328 e. The number of anilines is 1. The summed E-state index contributed by atoms with van der Waals surface area (Å²) in [5, 5.41) is 3.60. The number of carbonyl (C=O) groups excluding carboxylic acids is 2. The lowest BCUT2D eigenvalue weighted by atomic mass is 10.0. The summed E-state index contributed by atoms with van der Waals surface area (Å²) in [4.78, 5) is 34.7. The molecule has 174 valence electrons. The fourth-order valence-corrected chi connectivity index (χ4v) is 5.39. The Morgan fingerprint density at radius 3 is 2.52 bits per heavy atom. The maximum Gasteiger partial charge on any atom is 0.328 e. The van der Waals surface area contributed by atoms with Crippen LogP contribution in [0.25, 0.3) is 0 Å². The van der Waals surface area contributed by atoms with Crippen molar-refractivity contribution in [2.75, 3.05) is 25.0 Å². The van der Waals surface area contributed by atoms with Crippen LogP contribution in [0.5, 0.6) is 0 Å². The number of amides is 3. The van der Waals surface area contributed by atoms with E-state index in [0.717, 1.165) is 48.3 Å². The van der Waals surface area contributed by atoms with E-state index in [1.807, 2.05) is 13.8 Å². The minimum atomic E-state index is -0.388. The Kier molecular flexibility index (Phi) is 5.62. The number of imide groups is 1. The molecule has 33 heavy (non-hydrogen) atoms. The third-order valence-corrected chi connectivity index (χ3v) is 7.38. The van der Waals surface area contributed by atoms with Gasteiger partial charge in [-0.1, -0.05) is 42.8 Å². The molecule has 0 aromatic heterocycles. The maximum atomic E-state index is 13.7. The van der Waals surface area contributed by atoms with E-state index in [1.165, 1.54) is 10.5 Å². The molecular formula is C26H33N5O2. The van der Waals surface area contributed by atoms with Crippen molar-refractivity contribution in [3.63, 3.8) is 0 Å². The Hall–Kier alpha value is -2.90. The van der Waals surface area contributed by atoms with Gasteiger partial charge in [0, 0.05) is 25.8 Å². The molecular weight excluding hydrogens is 414 g/mol. The zero-order valence-electron chi connectivity index (χ0n) is 19.9. The monoisotopic (exact) mass is 447 g/mol. The molecule has 0 spiro atoms. The van der Waals surface area contributed by atoms with E-state index in [-0.39, 0.29) is 30.4 Å². The molecule has 0 saturated carbocycles. The van der Waals surface area contributed by atoms with E-state index in [0.29, 0.717) is 6.54 Å². The third kappa shape index (κ3) is 3.69. The average Bonchev–Trinajstić information content (AvgIpc) is 3.22. The number of nitrogens with one attached hydrogen (secondary N) is 1. The lowest BCUT2D eigenvalue weighted by molar-refractivity contribution is -0.139. The molecule has 3 amide bonds. The SMILES string of the molecule is CCc1ccc(N2CCCN3C4C(=O)N(Cc5cc(C)ccc5C)C(=O)N(C)C4NC23)cc1. The minimum absolute atomic E-state index is 0.109. The van der Waals surface area contributed by atoms with Crippen LogP contribution in [0.2, 0.25) is 0 Å². The summed E-state index contributed by atoms with van der Waals surface area (Å²) in [6, 6.07) is 14.2. The first-order valence-electron chi connectivity index (χ1n) is 11.9. The predicted molar refractivity (Wildman–Crippen MR) is 129 cm³/mol. The summed E-state index contributed by atoms with van der Waals surface area (Å²) in [5.74, 6) is -0.109. The summed E-state index contributed by atoms with van der Waals surface area (Å²) >= 11 is 0. The van der Waals surface area contributed by atoms with Crippen LogP contribution < -0.4 is 10.2 Å². The van der Waals surface area contributed by atoms with Crippen molar-refractivity contribution in [3.8, 4) is 0 Å². The second-order valence-electron chi connectivity index (χ2n) is 9.48. The number of carbonyl (C=O) groups is 2. The first kappa shape index (κ1) is 21.9. The van der Waals surface area contributed by atoms with Crippen molar-refractivity contribution in [3.05, 3.63) is 64.7 Å². The van der Waals surface area contributed by atoms with Crippen molar-refractivity contribution < 1.29 is 9.59 Å². The molecule has 0 aliphatic carbocycles. The van der Waals surface area contributed by atoms with Gasteiger partial charge in [-0.15, -0.1) is 0 Å². The van der Waals surface area contributed by atoms with Gasteiger partial charge in [-0.2, -0.15) is 0 Å². The normalized spacial score (nSPS) is 25.5. The van der Waals surface area contributed by atoms with E-state index in [1.54, 1.807) is 11.9 Å². The van der Waals surface area contributed by atoms with E-state index in [9.17, 15) is 9.59 Å². The number of rotatable bonds is 4. The highest BCUT2D eigenvalue weighted by atomic mass is 16.2. The Balaban J connectivity index is 1.43. The second-order valence-corrected chi connectivity index (χ2v) is 9.48. The van der Waals surface area contributed by atoms with Crippen molar-refractivity contribution in [2.24, 2.45) is 0 Å². The number of fused-ring (bicyclic) bond motifs is 3. The molecule has 7 heteroatoms. The fourth-order valence-electron chi connectivity index (χ4n) is 5.39. The third-order valence-electron chi connectivity index (χ3n) is 7.38. The Morgan fingerprint density at radius 2 is 1.79 bits per heavy atom. The first-order chi connectivity index (χ1) is 15.9. The van der Waals surface area contributed by atoms with E-state index in [2.05, 4.69) is 64.5 Å². The molecule has 2 aromatic rings. The van der Waals surface area contributed by atoms with Gasteiger partial charge in [0.1, 0.15) is 18.5 Å². The van der Waals surface area contributed by atoms with Gasteiger partial charge in [0.25, 0.3) is 5.91 Å². The molecule has 0 bridgehead atoms. The lowest BCUT2D eigenvalue weighted by Crippen LogP contribution is -2.66. The topological polar surface area (TPSA) is 59.1 Å². The van der Waals surface area contributed by atoms with Gasteiger partial charge in [0.2, 0.25) is 0 Å². The summed E-state index contributed by atoms with van der Waals surface area (Å²) < 4.78 is 0. The van der Waals surface area contributed by atoms with Crippen LogP contribution in [-0.2, 0) is 17.8 Å². The average molecular weight is 448 g/mol. The van der Waals surface area contributed by atoms with Crippen molar-refractivity contribution in [1.29, 1.82) is 0 Å². The predicted octanol–water partition coefficient (Wildman–Crippen LogP) is 3.05. The van der Waals surface area contributed by atoms with Gasteiger partial charge in [0.05, 0.1) is 6.54 Å². The summed E-state index contributed by atoms with van der Waals surface area (Å²) in [6.45, 7) is 8.26. The fraction of sp³-hybridized carbons (Fsp3) is 0.462. The standard InChI is InChI=1S/C26H33N5O2/c1-5-19-9-11-21(12-10-19)29-13-6-14-30-22-23(27-25(29)30)28(4)26(33)31(24(22)32)16-20-15-17(2)7-8-18(20)3/h7-12,15,22-23,25,27H,5-6,13-14,16H2,1-4H3. The van der Waals surface area contributed by atoms with Crippen LogP contribution >= 0.6 is 0 Å². The summed E-state index contributed by atoms with van der Waals surface area (Å²) in [7, 11) is 1.80. The zero-order valence-corrected chi connectivity index (χ0v) is 19.9. The van der Waals surface area contributed by atoms with E-state index in [4.69, 9.17) is 0 Å². The van der Waals surface area contributed by atoms with Gasteiger partial charge in [-0.25, -0.2) is 4.79 Å². The number of likely N-dealkylation sites (N-methyl/N-ethyl adjacent to an activating group) is 1. The highest BCUT2D eigenvalue weighted by Crippen LogP contribution is 2.33. The van der Waals surface area contributed by atoms with E-state index >= 15 is 0 Å². The maximum absolute atomic E-state index is 13.7. The van der Waals surface area contributed by atoms with Gasteiger partial charge in [-0.3, -0.25) is 19.9 Å². The number of benzene rings is 2. The number of hydrogen-bond donors (Lipinski definition) is 1. The first-order valence-corrected chi connectivity index (χ1v) is 11.9. The molecule has 3 fully saturated rings. The Morgan fingerprint density at radius 1 is 1.03 bits per heavy atom. The second kappa shape index (κ2) is 8.47. The van der Waals surface area contributed by atoms with Crippen molar-refractivity contribution in [2.45, 2.75) is 58.7 Å². The van der Waals surface area contributed by atoms with Gasteiger partial charge in [0.15, 0.2) is 0 Å². The number of aryl methyl sites for hydroxylation is 3. The van der Waals surface area contributed by atoms with Crippen LogP contribution in [0.3, 0.4) is 0 Å². The quantitative estimate of drug-likeness (QED) is 0.781. The van der Waals surface area contributed by atoms with Crippen molar-refractivity contribution in [1.82, 2.24) is 20.0 Å². The summed E-state index contributed by atoms with van der Waals surface area (Å²) in [6.07, 6.45) is 1.54. The van der Waals surface area contributed by atoms with Crippen LogP contribution in [0.4, 0.5) is 10.5 Å². The molecule has 3 heterocycles. The molecule has 1 N–H and O–H groups in total. The van der Waals surface area contributed by atoms with Crippen LogP contribution in [0, 0.1) is 13.8 Å². The van der Waals surface area contributed by atoms with Crippen LogP contribution in [0.1, 0.15) is 35.6 Å². The number of hydrogen-bond acceptors (Lipinski definition) is 5. The Bertz CT molecular complexity index is 1070. The van der Waals surface area contributed by atoms with Crippen LogP contribution in [-0.4, -0.2) is 65.3 Å². The van der Waals surface area contributed by atoms with Crippen molar-refractivity contribution >= 4 is 17.6 Å². The highest BCUT2D eigenvalue weighted by Gasteiger charge is 2.56. The number of urea groups is 1. The molecule has 3 aliphatic rings. The molecule has 0 radical (unpaired) electrons. The van der Waals surface area contributed by atoms with Gasteiger partial charge in [-0.05, 0) is 55.5 Å². The Labute approximate surface area is 195 Å². The molecule has 3 atom stereocenters. The molecule has 3 unspecified atom stereocenters. The lowest BCUT2D eigenvalue weighted by Gasteiger charge is -2.44. The van der Waals surface area contributed by atoms with E-state index < -0.39 is 0 Å². The summed E-state index contributed by atoms with van der Waals surface area (Å²) in [5.41, 5.74) is 5.68. The highest BCUT2D eigenvalue weighted by molar-refractivity contribution is 6.00. The zero-order chi connectivity index (χ0) is 23.3. The minimum Gasteiger partial charge on any atom is -0.343 e. The van der Waals surface area contributed by atoms with Gasteiger partial charge < -0.3 is 9.80 Å². The van der Waals surface area contributed by atoms with Gasteiger partial charge >= 0.3 is 6.03 Å². The largest absolute Gasteiger partial charge is 0.343 e. The molecule has 2 aromatic carbocycles.